The topological polar surface area (TPSA) is 100 Å². The summed E-state index contributed by atoms with van der Waals surface area (Å²) >= 11 is 6.45. The Morgan fingerprint density at radius 1 is 1.25 bits per heavy atom. The molecule has 2 aromatic rings. The van der Waals surface area contributed by atoms with E-state index in [1.165, 1.54) is 0 Å². The Morgan fingerprint density at radius 3 is 2.71 bits per heavy atom. The van der Waals surface area contributed by atoms with Crippen LogP contribution >= 0.6 is 11.6 Å². The average molecular weight is 397 g/mol. The van der Waals surface area contributed by atoms with Gasteiger partial charge in [-0.15, -0.1) is 0 Å². The molecule has 28 heavy (non-hydrogen) atoms. The van der Waals surface area contributed by atoms with E-state index in [2.05, 4.69) is 20.2 Å². The van der Waals surface area contributed by atoms with E-state index in [9.17, 15) is 0 Å². The quantitative estimate of drug-likeness (QED) is 0.676. The van der Waals surface area contributed by atoms with Crippen molar-refractivity contribution in [2.45, 2.75) is 6.92 Å². The fraction of sp³-hybridized carbons (Fsp3) is 0.250. The molecule has 3 heterocycles. The Kier molecular flexibility index (Phi) is 5.02. The van der Waals surface area contributed by atoms with Crippen LogP contribution in [0.4, 0.5) is 0 Å². The van der Waals surface area contributed by atoms with Crippen molar-refractivity contribution in [3.05, 3.63) is 56.9 Å². The number of ether oxygens (including phenoxy) is 1. The number of rotatable bonds is 2. The van der Waals surface area contributed by atoms with Crippen LogP contribution in [0.5, 0.6) is 0 Å². The van der Waals surface area contributed by atoms with Gasteiger partial charge in [-0.25, -0.2) is 9.97 Å². The molecular formula is C20H21ClN6O. The van der Waals surface area contributed by atoms with Crippen LogP contribution in [-0.2, 0) is 4.74 Å². The summed E-state index contributed by atoms with van der Waals surface area (Å²) in [6, 6.07) is 7.49. The zero-order chi connectivity index (χ0) is 19.7. The monoisotopic (exact) mass is 396 g/mol. The summed E-state index contributed by atoms with van der Waals surface area (Å²) in [5.74, 6) is 0.925. The van der Waals surface area contributed by atoms with Gasteiger partial charge in [-0.2, -0.15) is 0 Å². The number of halogens is 1. The van der Waals surface area contributed by atoms with E-state index in [-0.39, 0.29) is 5.49 Å². The van der Waals surface area contributed by atoms with Gasteiger partial charge >= 0.3 is 0 Å². The zero-order valence-corrected chi connectivity index (χ0v) is 16.3. The lowest BCUT2D eigenvalue weighted by molar-refractivity contribution is 0.0521. The summed E-state index contributed by atoms with van der Waals surface area (Å²) in [7, 11) is 0. The fourth-order valence-electron chi connectivity index (χ4n) is 3.27. The minimum atomic E-state index is 0.0300. The summed E-state index contributed by atoms with van der Waals surface area (Å²) in [5, 5.41) is 13.4. The predicted molar refractivity (Wildman–Crippen MR) is 109 cm³/mol. The highest BCUT2D eigenvalue weighted by atomic mass is 35.5. The van der Waals surface area contributed by atoms with E-state index < -0.39 is 0 Å². The maximum absolute atomic E-state index is 8.38. The molecule has 2 aliphatic rings. The highest BCUT2D eigenvalue weighted by Gasteiger charge is 2.18. The number of morpholine rings is 1. The van der Waals surface area contributed by atoms with Gasteiger partial charge in [-0.05, 0) is 13.0 Å². The van der Waals surface area contributed by atoms with E-state index in [1.54, 1.807) is 6.92 Å². The van der Waals surface area contributed by atoms with Crippen molar-refractivity contribution in [1.82, 2.24) is 20.2 Å². The van der Waals surface area contributed by atoms with Gasteiger partial charge in [0.05, 0.1) is 24.6 Å². The van der Waals surface area contributed by atoms with Crippen LogP contribution in [0.15, 0.2) is 30.1 Å². The Bertz CT molecular complexity index is 1130. The van der Waals surface area contributed by atoms with Gasteiger partial charge in [0.2, 0.25) is 0 Å². The molecule has 0 atom stereocenters. The van der Waals surface area contributed by atoms with Gasteiger partial charge in [-0.3, -0.25) is 5.41 Å². The third-order valence-corrected chi connectivity index (χ3v) is 5.03. The van der Waals surface area contributed by atoms with E-state index in [1.807, 2.05) is 36.5 Å². The van der Waals surface area contributed by atoms with Crippen molar-refractivity contribution >= 4 is 29.6 Å². The molecule has 1 saturated heterocycles. The molecule has 0 bridgehead atoms. The molecule has 144 valence electrons. The number of nitrogens with one attached hydrogen (secondary N) is 2. The molecule has 4 rings (SSSR count). The Balaban J connectivity index is 1.99. The van der Waals surface area contributed by atoms with Crippen molar-refractivity contribution in [2.24, 2.45) is 5.73 Å². The van der Waals surface area contributed by atoms with Crippen LogP contribution in [-0.4, -0.2) is 41.2 Å². The van der Waals surface area contributed by atoms with Crippen molar-refractivity contribution in [3.63, 3.8) is 0 Å². The first-order valence-electron chi connectivity index (χ1n) is 9.04. The molecule has 0 saturated carbocycles. The average Bonchev–Trinajstić information content (AvgIpc) is 2.84. The van der Waals surface area contributed by atoms with E-state index in [0.29, 0.717) is 40.7 Å². The minimum absolute atomic E-state index is 0.0300. The van der Waals surface area contributed by atoms with Crippen molar-refractivity contribution in [1.29, 1.82) is 5.41 Å². The molecule has 0 unspecified atom stereocenters. The van der Waals surface area contributed by atoms with E-state index in [4.69, 9.17) is 27.5 Å². The lowest BCUT2D eigenvalue weighted by Gasteiger charge is -2.31. The Morgan fingerprint density at radius 2 is 2.00 bits per heavy atom. The van der Waals surface area contributed by atoms with Gasteiger partial charge in [0, 0.05) is 46.9 Å². The van der Waals surface area contributed by atoms with Gasteiger partial charge in [-0.1, -0.05) is 29.8 Å². The first-order chi connectivity index (χ1) is 13.5. The van der Waals surface area contributed by atoms with Gasteiger partial charge in [0.15, 0.2) is 5.49 Å². The summed E-state index contributed by atoms with van der Waals surface area (Å²) in [6.07, 6.45) is 3.81. The molecule has 1 aromatic carbocycles. The fourth-order valence-corrected chi connectivity index (χ4v) is 3.50. The first kappa shape index (κ1) is 18.5. The van der Waals surface area contributed by atoms with Gasteiger partial charge < -0.3 is 20.7 Å². The standard InChI is InChI=1S/C20H21ClN6O/c1-12(22)18-20(23)25-16-10-17(27-6-8-28-9-7-27)24-11-14(16)19(26-18)13-4-2-3-5-15(13)21/h2-5,10-11,23-24H,6-9,22H2,1H3/b18-12+,23-20?. The smallest absolute Gasteiger partial charge is 0.173 e. The van der Waals surface area contributed by atoms with E-state index >= 15 is 0 Å². The second-order valence-electron chi connectivity index (χ2n) is 6.65. The number of hydrogen-bond acceptors (Lipinski definition) is 7. The molecule has 2 aliphatic heterocycles. The molecule has 1 fully saturated rings. The number of hydrogen-bond donors (Lipinski definition) is 3. The van der Waals surface area contributed by atoms with Crippen LogP contribution in [0.1, 0.15) is 12.6 Å². The molecule has 0 spiro atoms. The molecule has 0 radical (unpaired) electrons. The largest absolute Gasteiger partial charge is 0.400 e. The highest BCUT2D eigenvalue weighted by Crippen LogP contribution is 2.23. The molecule has 0 amide bonds. The number of aromatic nitrogens is 2. The normalized spacial score (nSPS) is 17.1. The second kappa shape index (κ2) is 7.61. The van der Waals surface area contributed by atoms with Crippen LogP contribution < -0.4 is 27.1 Å². The summed E-state index contributed by atoms with van der Waals surface area (Å²) < 4.78 is 5.43. The van der Waals surface area contributed by atoms with Crippen molar-refractivity contribution in [3.8, 4) is 11.3 Å². The summed E-state index contributed by atoms with van der Waals surface area (Å²) in [4.78, 5) is 11.4. The number of benzene rings is 1. The van der Waals surface area contributed by atoms with Crippen molar-refractivity contribution in [2.75, 3.05) is 26.3 Å². The first-order valence-corrected chi connectivity index (χ1v) is 9.42. The van der Waals surface area contributed by atoms with Gasteiger partial charge in [0.1, 0.15) is 11.2 Å². The van der Waals surface area contributed by atoms with Gasteiger partial charge in [0.25, 0.3) is 0 Å². The minimum Gasteiger partial charge on any atom is -0.400 e. The van der Waals surface area contributed by atoms with Crippen LogP contribution in [0.3, 0.4) is 0 Å². The molecule has 7 nitrogen and oxygen atoms in total. The third kappa shape index (κ3) is 3.46. The Labute approximate surface area is 167 Å². The zero-order valence-electron chi connectivity index (χ0n) is 15.5. The third-order valence-electron chi connectivity index (χ3n) is 4.70. The summed E-state index contributed by atoms with van der Waals surface area (Å²) in [5.41, 5.74) is 8.51. The lowest BCUT2D eigenvalue weighted by Crippen LogP contribution is -2.40. The van der Waals surface area contributed by atoms with Crippen LogP contribution in [0, 0.1) is 5.41 Å². The summed E-state index contributed by atoms with van der Waals surface area (Å²) in [6.45, 7) is 4.68. The van der Waals surface area contributed by atoms with E-state index in [0.717, 1.165) is 29.7 Å². The van der Waals surface area contributed by atoms with Crippen molar-refractivity contribution < 1.29 is 4.74 Å². The maximum atomic E-state index is 8.38. The molecule has 1 aromatic heterocycles. The Hall–Kier alpha value is -2.90. The SMILES string of the molecule is C/C(N)=c1\nc(-c2ccccc2Cl)c2c(nc1=N)C=C(N1CCOCC1)NC=2. The molecule has 4 N–H and O–H groups in total. The maximum Gasteiger partial charge on any atom is 0.173 e. The molecule has 8 heteroatoms. The molecule has 0 aliphatic carbocycles. The predicted octanol–water partition coefficient (Wildman–Crippen LogP) is 0.335. The van der Waals surface area contributed by atoms with Crippen LogP contribution in [0.25, 0.3) is 29.2 Å². The number of nitrogens with zero attached hydrogens (tertiary/aromatic N) is 3. The number of nitrogens with two attached hydrogens (primary N) is 1. The van der Waals surface area contributed by atoms with Crippen LogP contribution in [0.2, 0.25) is 5.02 Å². The lowest BCUT2D eigenvalue weighted by atomic mass is 10.1. The molecular weight excluding hydrogens is 376 g/mol. The number of fused-ring (bicyclic) bond motifs is 1. The second-order valence-corrected chi connectivity index (χ2v) is 7.06. The highest BCUT2D eigenvalue weighted by molar-refractivity contribution is 6.33.